The van der Waals surface area contributed by atoms with Gasteiger partial charge in [-0.15, -0.1) is 0 Å². The van der Waals surface area contributed by atoms with E-state index in [1.165, 1.54) is 12.1 Å². The summed E-state index contributed by atoms with van der Waals surface area (Å²) in [7, 11) is -3.33. The van der Waals surface area contributed by atoms with Crippen molar-refractivity contribution >= 4 is 21.6 Å². The first-order valence-corrected chi connectivity index (χ1v) is 9.10. The van der Waals surface area contributed by atoms with Crippen molar-refractivity contribution < 1.29 is 17.6 Å². The Morgan fingerprint density at radius 1 is 1.41 bits per heavy atom. The number of nitrogens with one attached hydrogen (secondary N) is 2. The molecule has 2 N–H and O–H groups in total. The molecule has 0 aromatic heterocycles. The molecule has 1 aliphatic carbocycles. The third kappa shape index (κ3) is 5.14. The van der Waals surface area contributed by atoms with E-state index >= 15 is 0 Å². The minimum atomic E-state index is -3.33. The first-order chi connectivity index (χ1) is 10.3. The zero-order valence-electron chi connectivity index (χ0n) is 12.3. The number of carbonyl (C=O) groups excluding carboxylic acids is 1. The summed E-state index contributed by atoms with van der Waals surface area (Å²) in [6, 6.07) is 3.20. The number of amides is 2. The molecule has 0 fully saturated rings. The number of anilines is 1. The largest absolute Gasteiger partial charge is 0.332 e. The molecule has 7 heteroatoms. The van der Waals surface area contributed by atoms with Crippen molar-refractivity contribution in [1.82, 2.24) is 5.32 Å². The molecule has 2 rings (SSSR count). The molecule has 0 spiro atoms. The number of sulfone groups is 1. The van der Waals surface area contributed by atoms with Crippen LogP contribution in [0.2, 0.25) is 0 Å². The lowest BCUT2D eigenvalue weighted by Crippen LogP contribution is -2.37. The number of rotatable bonds is 4. The van der Waals surface area contributed by atoms with Crippen LogP contribution in [-0.2, 0) is 15.6 Å². The van der Waals surface area contributed by atoms with Crippen molar-refractivity contribution in [2.75, 3.05) is 11.6 Å². The zero-order valence-corrected chi connectivity index (χ0v) is 13.1. The molecule has 0 saturated carbocycles. The maximum Gasteiger partial charge on any atom is 0.319 e. The van der Waals surface area contributed by atoms with Crippen LogP contribution in [0, 0.1) is 5.82 Å². The number of hydrogen-bond acceptors (Lipinski definition) is 3. The highest BCUT2D eigenvalue weighted by Crippen LogP contribution is 2.20. The molecule has 0 saturated heterocycles. The van der Waals surface area contributed by atoms with Gasteiger partial charge in [0.05, 0.1) is 5.75 Å². The zero-order chi connectivity index (χ0) is 16.2. The van der Waals surface area contributed by atoms with Crippen LogP contribution in [0.3, 0.4) is 0 Å². The van der Waals surface area contributed by atoms with Gasteiger partial charge >= 0.3 is 6.03 Å². The van der Waals surface area contributed by atoms with E-state index in [0.717, 1.165) is 31.6 Å². The Kier molecular flexibility index (Phi) is 5.18. The Bertz CT molecular complexity index is 686. The van der Waals surface area contributed by atoms with Crippen molar-refractivity contribution in [2.24, 2.45) is 0 Å². The standard InChI is InChI=1S/C15H19FN2O3S/c1-22(20,21)10-11-9-12(16)7-8-14(11)18-15(19)17-13-5-3-2-4-6-13/h3,5,7-9,13H,2,4,6,10H2,1H3,(H2,17,18,19)/t13-/m1/s1. The molecule has 0 radical (unpaired) electrons. The Balaban J connectivity index is 2.09. The molecule has 0 heterocycles. The molecule has 1 atom stereocenters. The highest BCUT2D eigenvalue weighted by molar-refractivity contribution is 7.89. The fourth-order valence-corrected chi connectivity index (χ4v) is 3.15. The van der Waals surface area contributed by atoms with Gasteiger partial charge in [-0.1, -0.05) is 12.2 Å². The maximum atomic E-state index is 13.3. The van der Waals surface area contributed by atoms with Crippen LogP contribution < -0.4 is 10.6 Å². The van der Waals surface area contributed by atoms with E-state index < -0.39 is 21.7 Å². The second kappa shape index (κ2) is 6.91. The molecule has 1 aromatic rings. The molecule has 0 aliphatic heterocycles. The van der Waals surface area contributed by atoms with Crippen molar-refractivity contribution in [3.63, 3.8) is 0 Å². The summed E-state index contributed by atoms with van der Waals surface area (Å²) in [4.78, 5) is 12.0. The average molecular weight is 326 g/mol. The lowest BCUT2D eigenvalue weighted by molar-refractivity contribution is 0.249. The maximum absolute atomic E-state index is 13.3. The SMILES string of the molecule is CS(=O)(=O)Cc1cc(F)ccc1NC(=O)N[C@@H]1C=CCCC1. The van der Waals surface area contributed by atoms with Gasteiger partial charge in [-0.3, -0.25) is 0 Å². The van der Waals surface area contributed by atoms with Gasteiger partial charge in [-0.25, -0.2) is 17.6 Å². The summed E-state index contributed by atoms with van der Waals surface area (Å²) in [5.41, 5.74) is 0.529. The second-order valence-electron chi connectivity index (χ2n) is 5.44. The summed E-state index contributed by atoms with van der Waals surface area (Å²) in [5, 5.41) is 5.38. The predicted octanol–water partition coefficient (Wildman–Crippen LogP) is 2.60. The van der Waals surface area contributed by atoms with E-state index in [-0.39, 0.29) is 17.4 Å². The van der Waals surface area contributed by atoms with E-state index in [2.05, 4.69) is 10.6 Å². The van der Waals surface area contributed by atoms with Crippen LogP contribution in [0.5, 0.6) is 0 Å². The number of carbonyl (C=O) groups is 1. The fraction of sp³-hybridized carbons (Fsp3) is 0.400. The van der Waals surface area contributed by atoms with Gasteiger partial charge in [0.1, 0.15) is 5.82 Å². The molecule has 5 nitrogen and oxygen atoms in total. The van der Waals surface area contributed by atoms with E-state index in [1.54, 1.807) is 0 Å². The third-order valence-corrected chi connectivity index (χ3v) is 4.14. The number of benzene rings is 1. The van der Waals surface area contributed by atoms with E-state index in [4.69, 9.17) is 0 Å². The minimum Gasteiger partial charge on any atom is -0.332 e. The highest BCUT2D eigenvalue weighted by atomic mass is 32.2. The number of urea groups is 1. The lowest BCUT2D eigenvalue weighted by atomic mass is 10.0. The molecule has 1 aliphatic rings. The van der Waals surface area contributed by atoms with Gasteiger partial charge in [-0.05, 0) is 43.0 Å². The first-order valence-electron chi connectivity index (χ1n) is 7.04. The summed E-state index contributed by atoms with van der Waals surface area (Å²) >= 11 is 0. The summed E-state index contributed by atoms with van der Waals surface area (Å²) < 4.78 is 36.1. The van der Waals surface area contributed by atoms with Crippen LogP contribution >= 0.6 is 0 Å². The smallest absolute Gasteiger partial charge is 0.319 e. The van der Waals surface area contributed by atoms with Gasteiger partial charge in [-0.2, -0.15) is 0 Å². The molecule has 22 heavy (non-hydrogen) atoms. The van der Waals surface area contributed by atoms with Crippen molar-refractivity contribution in [3.8, 4) is 0 Å². The molecule has 1 aromatic carbocycles. The second-order valence-corrected chi connectivity index (χ2v) is 7.58. The number of allylic oxidation sites excluding steroid dienone is 1. The first kappa shape index (κ1) is 16.5. The molecule has 0 bridgehead atoms. The van der Waals surface area contributed by atoms with Crippen LogP contribution in [0.25, 0.3) is 0 Å². The van der Waals surface area contributed by atoms with E-state index in [1.807, 2.05) is 12.2 Å². The third-order valence-electron chi connectivity index (χ3n) is 3.30. The predicted molar refractivity (Wildman–Crippen MR) is 83.9 cm³/mol. The summed E-state index contributed by atoms with van der Waals surface area (Å²) in [6.45, 7) is 0. The van der Waals surface area contributed by atoms with Gasteiger partial charge in [0, 0.05) is 18.0 Å². The lowest BCUT2D eigenvalue weighted by Gasteiger charge is -2.19. The van der Waals surface area contributed by atoms with Crippen molar-refractivity contribution in [3.05, 3.63) is 41.7 Å². The normalized spacial score (nSPS) is 18.0. The van der Waals surface area contributed by atoms with E-state index in [9.17, 15) is 17.6 Å². The van der Waals surface area contributed by atoms with Gasteiger partial charge in [0.25, 0.3) is 0 Å². The fourth-order valence-electron chi connectivity index (χ4n) is 2.35. The molecule has 2 amide bonds. The topological polar surface area (TPSA) is 75.3 Å². The Morgan fingerprint density at radius 3 is 2.82 bits per heavy atom. The van der Waals surface area contributed by atoms with Crippen LogP contribution in [-0.4, -0.2) is 26.7 Å². The van der Waals surface area contributed by atoms with Crippen LogP contribution in [0.1, 0.15) is 24.8 Å². The van der Waals surface area contributed by atoms with Gasteiger partial charge in [0.15, 0.2) is 9.84 Å². The molecule has 120 valence electrons. The number of halogens is 1. The van der Waals surface area contributed by atoms with Gasteiger partial charge < -0.3 is 10.6 Å². The minimum absolute atomic E-state index is 0.0347. The summed E-state index contributed by atoms with van der Waals surface area (Å²) in [5.74, 6) is -0.871. The quantitative estimate of drug-likeness (QED) is 0.835. The van der Waals surface area contributed by atoms with Gasteiger partial charge in [0.2, 0.25) is 0 Å². The number of hydrogen-bond donors (Lipinski definition) is 2. The average Bonchev–Trinajstić information content (AvgIpc) is 2.41. The van der Waals surface area contributed by atoms with Crippen molar-refractivity contribution in [1.29, 1.82) is 0 Å². The van der Waals surface area contributed by atoms with E-state index in [0.29, 0.717) is 5.69 Å². The Labute approximate surface area is 129 Å². The Hall–Kier alpha value is -1.89. The molecule has 0 unspecified atom stereocenters. The van der Waals surface area contributed by atoms with Crippen molar-refractivity contribution in [2.45, 2.75) is 31.1 Å². The monoisotopic (exact) mass is 326 g/mol. The highest BCUT2D eigenvalue weighted by Gasteiger charge is 2.15. The summed E-state index contributed by atoms with van der Waals surface area (Å²) in [6.07, 6.45) is 7.90. The molecular formula is C15H19FN2O3S. The van der Waals surface area contributed by atoms with Crippen LogP contribution in [0.15, 0.2) is 30.4 Å². The molecular weight excluding hydrogens is 307 g/mol. The van der Waals surface area contributed by atoms with Crippen LogP contribution in [0.4, 0.5) is 14.9 Å². The Morgan fingerprint density at radius 2 is 2.18 bits per heavy atom.